The molecule has 7 heteroatoms. The van der Waals surface area contributed by atoms with E-state index in [0.29, 0.717) is 19.2 Å². The van der Waals surface area contributed by atoms with Gasteiger partial charge in [0.05, 0.1) is 13.2 Å². The average Bonchev–Trinajstić information content (AvgIpc) is 3.12. The molecule has 2 aliphatic rings. The van der Waals surface area contributed by atoms with Gasteiger partial charge in [-0.1, -0.05) is 5.16 Å². The smallest absolute Gasteiger partial charge is 0.245 e. The Balaban J connectivity index is 1.99. The predicted octanol–water partition coefficient (Wildman–Crippen LogP) is -1.33. The highest BCUT2D eigenvalue weighted by Crippen LogP contribution is 2.19. The lowest BCUT2D eigenvalue weighted by Gasteiger charge is -2.34. The standard InChI is InChI=1S/C9H16N4O3/c10-9(12-15)13-3-4-16-5-7(13)8(14)11-6-1-2-6/h6-7,15H,1-5H2,(H2,10,12)(H,11,14). The van der Waals surface area contributed by atoms with Crippen LogP contribution in [0.15, 0.2) is 5.16 Å². The molecule has 0 aromatic heterocycles. The number of nitrogens with two attached hydrogens (primary N) is 1. The summed E-state index contributed by atoms with van der Waals surface area (Å²) in [7, 11) is 0. The fourth-order valence-electron chi connectivity index (χ4n) is 1.68. The first-order valence-electron chi connectivity index (χ1n) is 5.34. The molecule has 1 atom stereocenters. The zero-order valence-corrected chi connectivity index (χ0v) is 8.93. The zero-order chi connectivity index (χ0) is 11.5. The van der Waals surface area contributed by atoms with E-state index < -0.39 is 6.04 Å². The normalized spacial score (nSPS) is 26.6. The third kappa shape index (κ3) is 2.35. The fourth-order valence-corrected chi connectivity index (χ4v) is 1.68. The van der Waals surface area contributed by atoms with Gasteiger partial charge in [-0.3, -0.25) is 4.79 Å². The number of guanidine groups is 1. The quantitative estimate of drug-likeness (QED) is 0.235. The molecule has 1 heterocycles. The van der Waals surface area contributed by atoms with Crippen LogP contribution in [0.3, 0.4) is 0 Å². The van der Waals surface area contributed by atoms with Crippen molar-refractivity contribution in [2.45, 2.75) is 24.9 Å². The number of ether oxygens (including phenoxy) is 1. The highest BCUT2D eigenvalue weighted by molar-refractivity contribution is 5.88. The van der Waals surface area contributed by atoms with E-state index in [1.807, 2.05) is 0 Å². The molecule has 16 heavy (non-hydrogen) atoms. The van der Waals surface area contributed by atoms with Crippen molar-refractivity contribution in [1.29, 1.82) is 0 Å². The number of hydrogen-bond acceptors (Lipinski definition) is 4. The monoisotopic (exact) mass is 228 g/mol. The molecule has 1 unspecified atom stereocenters. The number of morpholine rings is 1. The van der Waals surface area contributed by atoms with Crippen molar-refractivity contribution >= 4 is 11.9 Å². The van der Waals surface area contributed by atoms with Gasteiger partial charge in [0.15, 0.2) is 0 Å². The number of carbonyl (C=O) groups is 1. The highest BCUT2D eigenvalue weighted by Gasteiger charge is 2.34. The van der Waals surface area contributed by atoms with Crippen molar-refractivity contribution in [2.24, 2.45) is 10.9 Å². The molecule has 2 fully saturated rings. The molecule has 1 amide bonds. The van der Waals surface area contributed by atoms with Gasteiger partial charge in [-0.15, -0.1) is 0 Å². The van der Waals surface area contributed by atoms with Crippen LogP contribution in [0.4, 0.5) is 0 Å². The second kappa shape index (κ2) is 4.56. The Hall–Kier alpha value is -1.50. The van der Waals surface area contributed by atoms with Crippen molar-refractivity contribution in [2.75, 3.05) is 19.8 Å². The van der Waals surface area contributed by atoms with Gasteiger partial charge in [-0.05, 0) is 12.8 Å². The first-order valence-corrected chi connectivity index (χ1v) is 5.34. The predicted molar refractivity (Wildman–Crippen MR) is 55.9 cm³/mol. The molecule has 7 nitrogen and oxygen atoms in total. The molecular formula is C9H16N4O3. The average molecular weight is 228 g/mol. The van der Waals surface area contributed by atoms with Crippen LogP contribution in [-0.2, 0) is 9.53 Å². The summed E-state index contributed by atoms with van der Waals surface area (Å²) in [5.41, 5.74) is 5.51. The topological polar surface area (TPSA) is 100 Å². The summed E-state index contributed by atoms with van der Waals surface area (Å²) in [6.45, 7) is 1.21. The second-order valence-corrected chi connectivity index (χ2v) is 4.03. The third-order valence-corrected chi connectivity index (χ3v) is 2.75. The number of nitrogens with zero attached hydrogens (tertiary/aromatic N) is 2. The van der Waals surface area contributed by atoms with Gasteiger partial charge in [0.25, 0.3) is 0 Å². The van der Waals surface area contributed by atoms with Crippen LogP contribution in [0, 0.1) is 0 Å². The Morgan fingerprint density at radius 3 is 2.94 bits per heavy atom. The Labute approximate surface area is 93.2 Å². The molecule has 2 rings (SSSR count). The van der Waals surface area contributed by atoms with Crippen molar-refractivity contribution in [3.05, 3.63) is 0 Å². The van der Waals surface area contributed by atoms with Crippen LogP contribution < -0.4 is 11.1 Å². The minimum absolute atomic E-state index is 0.0424. The summed E-state index contributed by atoms with van der Waals surface area (Å²) in [5, 5.41) is 14.4. The minimum Gasteiger partial charge on any atom is -0.408 e. The molecule has 1 saturated carbocycles. The molecule has 1 aliphatic heterocycles. The van der Waals surface area contributed by atoms with Crippen molar-refractivity contribution in [3.8, 4) is 0 Å². The Kier molecular flexibility index (Phi) is 3.14. The van der Waals surface area contributed by atoms with Crippen LogP contribution in [0.1, 0.15) is 12.8 Å². The molecule has 0 radical (unpaired) electrons. The lowest BCUT2D eigenvalue weighted by atomic mass is 10.2. The fraction of sp³-hybridized carbons (Fsp3) is 0.778. The molecular weight excluding hydrogens is 212 g/mol. The van der Waals surface area contributed by atoms with Crippen molar-refractivity contribution in [1.82, 2.24) is 10.2 Å². The lowest BCUT2D eigenvalue weighted by Crippen LogP contribution is -2.58. The molecule has 0 aromatic rings. The van der Waals surface area contributed by atoms with E-state index in [-0.39, 0.29) is 18.5 Å². The molecule has 1 aliphatic carbocycles. The van der Waals surface area contributed by atoms with Gasteiger partial charge in [-0.25, -0.2) is 0 Å². The van der Waals surface area contributed by atoms with E-state index in [9.17, 15) is 4.79 Å². The number of hydrogen-bond donors (Lipinski definition) is 3. The van der Waals surface area contributed by atoms with Crippen LogP contribution in [0.25, 0.3) is 0 Å². The van der Waals surface area contributed by atoms with Crippen LogP contribution in [0.2, 0.25) is 0 Å². The summed E-state index contributed by atoms with van der Waals surface area (Å²) in [6, 6.07) is -0.200. The molecule has 0 aromatic carbocycles. The third-order valence-electron chi connectivity index (χ3n) is 2.75. The second-order valence-electron chi connectivity index (χ2n) is 4.03. The lowest BCUT2D eigenvalue weighted by molar-refractivity contribution is -0.129. The molecule has 4 N–H and O–H groups in total. The number of oxime groups is 1. The molecule has 0 spiro atoms. The maximum absolute atomic E-state index is 11.9. The molecule has 90 valence electrons. The van der Waals surface area contributed by atoms with Gasteiger partial charge >= 0.3 is 0 Å². The molecule has 0 bridgehead atoms. The van der Waals surface area contributed by atoms with Crippen LogP contribution in [-0.4, -0.2) is 53.8 Å². The molecule has 1 saturated heterocycles. The van der Waals surface area contributed by atoms with Gasteiger partial charge < -0.3 is 25.9 Å². The van der Waals surface area contributed by atoms with E-state index in [1.54, 1.807) is 4.90 Å². The van der Waals surface area contributed by atoms with E-state index in [0.717, 1.165) is 12.8 Å². The van der Waals surface area contributed by atoms with E-state index >= 15 is 0 Å². The summed E-state index contributed by atoms with van der Waals surface area (Å²) in [5.74, 6) is -0.159. The number of rotatable bonds is 2. The van der Waals surface area contributed by atoms with Gasteiger partial charge in [0, 0.05) is 12.6 Å². The maximum Gasteiger partial charge on any atom is 0.245 e. The summed E-state index contributed by atoms with van der Waals surface area (Å²) in [4.78, 5) is 13.4. The Morgan fingerprint density at radius 2 is 2.31 bits per heavy atom. The van der Waals surface area contributed by atoms with Crippen LogP contribution in [0.5, 0.6) is 0 Å². The Morgan fingerprint density at radius 1 is 1.56 bits per heavy atom. The summed E-state index contributed by atoms with van der Waals surface area (Å²) >= 11 is 0. The van der Waals surface area contributed by atoms with Crippen LogP contribution >= 0.6 is 0 Å². The summed E-state index contributed by atoms with van der Waals surface area (Å²) in [6.07, 6.45) is 2.06. The van der Waals surface area contributed by atoms with Gasteiger partial charge in [0.2, 0.25) is 11.9 Å². The van der Waals surface area contributed by atoms with Gasteiger partial charge in [0.1, 0.15) is 6.04 Å². The number of carbonyl (C=O) groups excluding carboxylic acids is 1. The number of nitrogens with one attached hydrogen (secondary N) is 1. The first kappa shape index (κ1) is 11.0. The summed E-state index contributed by atoms with van der Waals surface area (Å²) < 4.78 is 5.24. The van der Waals surface area contributed by atoms with Gasteiger partial charge in [-0.2, -0.15) is 0 Å². The zero-order valence-electron chi connectivity index (χ0n) is 8.93. The minimum atomic E-state index is -0.495. The van der Waals surface area contributed by atoms with E-state index in [2.05, 4.69) is 10.5 Å². The highest BCUT2D eigenvalue weighted by atomic mass is 16.5. The SMILES string of the molecule is NC(=NO)N1CCOCC1C(=O)NC1CC1. The maximum atomic E-state index is 11.9. The van der Waals surface area contributed by atoms with E-state index in [4.69, 9.17) is 15.7 Å². The van der Waals surface area contributed by atoms with Crippen molar-refractivity contribution < 1.29 is 14.7 Å². The Bertz CT molecular complexity index is 303. The number of amides is 1. The van der Waals surface area contributed by atoms with E-state index in [1.165, 1.54) is 0 Å². The van der Waals surface area contributed by atoms with Crippen molar-refractivity contribution in [3.63, 3.8) is 0 Å². The largest absolute Gasteiger partial charge is 0.408 e. The first-order chi connectivity index (χ1) is 7.72.